The van der Waals surface area contributed by atoms with Gasteiger partial charge in [0.1, 0.15) is 5.02 Å². The molecule has 1 aliphatic heterocycles. The minimum Gasteiger partial charge on any atom is -0.326 e. The predicted octanol–water partition coefficient (Wildman–Crippen LogP) is 4.04. The topological polar surface area (TPSA) is 110 Å². The molecular formula is C20H18ClN3O5. The molecule has 0 fully saturated rings. The first kappa shape index (κ1) is 20.5. The largest absolute Gasteiger partial charge is 0.326 e. The Morgan fingerprint density at radius 2 is 1.69 bits per heavy atom. The average Bonchev–Trinajstić information content (AvgIpc) is 2.94. The molecule has 0 spiro atoms. The number of imide groups is 1. The van der Waals surface area contributed by atoms with Gasteiger partial charge in [-0.1, -0.05) is 30.2 Å². The van der Waals surface area contributed by atoms with Crippen LogP contribution < -0.4 is 5.32 Å². The Morgan fingerprint density at radius 3 is 2.31 bits per heavy atom. The van der Waals surface area contributed by atoms with E-state index in [0.717, 1.165) is 0 Å². The van der Waals surface area contributed by atoms with Crippen LogP contribution in [0.4, 0.5) is 11.4 Å². The van der Waals surface area contributed by atoms with Crippen molar-refractivity contribution < 1.29 is 19.3 Å². The summed E-state index contributed by atoms with van der Waals surface area (Å²) in [4.78, 5) is 48.1. The van der Waals surface area contributed by atoms with Gasteiger partial charge in [0, 0.05) is 24.7 Å². The van der Waals surface area contributed by atoms with Crippen molar-refractivity contribution >= 4 is 40.7 Å². The molecule has 150 valence electrons. The molecule has 1 aliphatic rings. The van der Waals surface area contributed by atoms with Gasteiger partial charge in [0.25, 0.3) is 17.5 Å². The van der Waals surface area contributed by atoms with Crippen LogP contribution in [0, 0.1) is 10.1 Å². The second-order valence-electron chi connectivity index (χ2n) is 6.59. The van der Waals surface area contributed by atoms with Gasteiger partial charge >= 0.3 is 0 Å². The molecule has 0 radical (unpaired) electrons. The Balaban J connectivity index is 1.42. The van der Waals surface area contributed by atoms with E-state index in [9.17, 15) is 24.5 Å². The molecular weight excluding hydrogens is 398 g/mol. The number of carbonyl (C=O) groups excluding carboxylic acids is 3. The molecule has 29 heavy (non-hydrogen) atoms. The summed E-state index contributed by atoms with van der Waals surface area (Å²) in [5.74, 6) is -0.845. The maximum absolute atomic E-state index is 12.3. The third kappa shape index (κ3) is 4.60. The summed E-state index contributed by atoms with van der Waals surface area (Å²) < 4.78 is 0. The number of benzene rings is 2. The van der Waals surface area contributed by atoms with E-state index in [1.54, 1.807) is 24.3 Å². The molecule has 0 atom stereocenters. The molecule has 0 bridgehead atoms. The fourth-order valence-corrected chi connectivity index (χ4v) is 3.31. The number of nitrogens with one attached hydrogen (secondary N) is 1. The summed E-state index contributed by atoms with van der Waals surface area (Å²) >= 11 is 5.74. The summed E-state index contributed by atoms with van der Waals surface area (Å²) in [5, 5.41) is 13.5. The number of nitro benzene ring substituents is 1. The fraction of sp³-hybridized carbons (Fsp3) is 0.250. The molecule has 0 saturated heterocycles. The predicted molar refractivity (Wildman–Crippen MR) is 107 cm³/mol. The summed E-state index contributed by atoms with van der Waals surface area (Å²) in [6.45, 7) is 0.303. The van der Waals surface area contributed by atoms with Crippen LogP contribution in [0.25, 0.3) is 0 Å². The average molecular weight is 416 g/mol. The van der Waals surface area contributed by atoms with E-state index < -0.39 is 4.92 Å². The van der Waals surface area contributed by atoms with Crippen molar-refractivity contribution in [2.45, 2.75) is 25.7 Å². The number of unbranched alkanes of at least 4 members (excludes halogenated alkanes) is 2. The van der Waals surface area contributed by atoms with Crippen molar-refractivity contribution in [2.75, 3.05) is 11.9 Å². The van der Waals surface area contributed by atoms with E-state index in [-0.39, 0.29) is 34.9 Å². The highest BCUT2D eigenvalue weighted by atomic mass is 35.5. The van der Waals surface area contributed by atoms with Crippen LogP contribution in [0.5, 0.6) is 0 Å². The summed E-state index contributed by atoms with van der Waals surface area (Å²) in [7, 11) is 0. The van der Waals surface area contributed by atoms with Gasteiger partial charge in [-0.15, -0.1) is 0 Å². The normalized spacial score (nSPS) is 12.8. The standard InChI is InChI=1S/C20H18ClN3O5/c21-16-10-9-13(12-17(16)24(28)29)22-18(25)8-2-1-5-11-23-19(26)14-6-3-4-7-15(14)20(23)27/h3-4,6-7,9-10,12H,1-2,5,8,11H2,(H,22,25). The van der Waals surface area contributed by atoms with Gasteiger partial charge in [-0.2, -0.15) is 0 Å². The summed E-state index contributed by atoms with van der Waals surface area (Å²) in [6, 6.07) is 10.8. The van der Waals surface area contributed by atoms with Crippen LogP contribution in [0.3, 0.4) is 0 Å². The lowest BCUT2D eigenvalue weighted by molar-refractivity contribution is -0.384. The Bertz CT molecular complexity index is 957. The third-order valence-corrected chi connectivity index (χ3v) is 4.91. The Morgan fingerprint density at radius 1 is 1.03 bits per heavy atom. The highest BCUT2D eigenvalue weighted by Crippen LogP contribution is 2.27. The fourth-order valence-electron chi connectivity index (χ4n) is 3.13. The van der Waals surface area contributed by atoms with E-state index in [4.69, 9.17) is 11.6 Å². The van der Waals surface area contributed by atoms with Gasteiger partial charge in [0.05, 0.1) is 16.1 Å². The van der Waals surface area contributed by atoms with E-state index in [0.29, 0.717) is 42.6 Å². The van der Waals surface area contributed by atoms with Crippen molar-refractivity contribution in [3.8, 4) is 0 Å². The molecule has 8 nitrogen and oxygen atoms in total. The number of carbonyl (C=O) groups is 3. The first-order chi connectivity index (χ1) is 13.9. The van der Waals surface area contributed by atoms with Crippen LogP contribution >= 0.6 is 11.6 Å². The number of nitrogens with zero attached hydrogens (tertiary/aromatic N) is 2. The number of amides is 3. The van der Waals surface area contributed by atoms with Gasteiger partial charge in [-0.3, -0.25) is 29.4 Å². The minimum atomic E-state index is -0.614. The van der Waals surface area contributed by atoms with Crippen molar-refractivity contribution in [2.24, 2.45) is 0 Å². The Hall–Kier alpha value is -3.26. The Kier molecular flexibility index (Phi) is 6.23. The molecule has 0 aromatic heterocycles. The Labute approximate surface area is 171 Å². The van der Waals surface area contributed by atoms with Crippen molar-refractivity contribution in [3.05, 3.63) is 68.7 Å². The maximum Gasteiger partial charge on any atom is 0.289 e. The summed E-state index contributed by atoms with van der Waals surface area (Å²) in [6.07, 6.45) is 2.02. The SMILES string of the molecule is O=C(CCCCCN1C(=O)c2ccccc2C1=O)Nc1ccc(Cl)c([N+](=O)[O-])c1. The molecule has 1 heterocycles. The number of fused-ring (bicyclic) bond motifs is 1. The molecule has 0 saturated carbocycles. The first-order valence-electron chi connectivity index (χ1n) is 9.07. The zero-order chi connectivity index (χ0) is 21.0. The number of anilines is 1. The molecule has 2 aromatic carbocycles. The van der Waals surface area contributed by atoms with Gasteiger partial charge in [-0.05, 0) is 37.1 Å². The van der Waals surface area contributed by atoms with Crippen molar-refractivity contribution in [1.82, 2.24) is 4.90 Å². The van der Waals surface area contributed by atoms with Gasteiger partial charge in [0.15, 0.2) is 0 Å². The minimum absolute atomic E-state index is 0.00107. The van der Waals surface area contributed by atoms with Gasteiger partial charge in [0.2, 0.25) is 5.91 Å². The lowest BCUT2D eigenvalue weighted by Gasteiger charge is -2.13. The van der Waals surface area contributed by atoms with E-state index in [2.05, 4.69) is 5.32 Å². The third-order valence-electron chi connectivity index (χ3n) is 4.59. The molecule has 1 N–H and O–H groups in total. The van der Waals surface area contributed by atoms with E-state index >= 15 is 0 Å². The van der Waals surface area contributed by atoms with Crippen LogP contribution in [0.2, 0.25) is 5.02 Å². The molecule has 0 aliphatic carbocycles. The first-order valence-corrected chi connectivity index (χ1v) is 9.45. The molecule has 3 rings (SSSR count). The molecule has 0 unspecified atom stereocenters. The number of halogens is 1. The second kappa shape index (κ2) is 8.83. The highest BCUT2D eigenvalue weighted by Gasteiger charge is 2.34. The zero-order valence-corrected chi connectivity index (χ0v) is 16.1. The number of hydrogen-bond acceptors (Lipinski definition) is 5. The number of hydrogen-bond donors (Lipinski definition) is 1. The zero-order valence-electron chi connectivity index (χ0n) is 15.4. The van der Waals surface area contributed by atoms with Crippen LogP contribution in [0.15, 0.2) is 42.5 Å². The van der Waals surface area contributed by atoms with E-state index in [1.165, 1.54) is 23.1 Å². The molecule has 9 heteroatoms. The maximum atomic E-state index is 12.3. The van der Waals surface area contributed by atoms with Gasteiger partial charge < -0.3 is 5.32 Å². The second-order valence-corrected chi connectivity index (χ2v) is 7.00. The van der Waals surface area contributed by atoms with Gasteiger partial charge in [-0.25, -0.2) is 0 Å². The van der Waals surface area contributed by atoms with Crippen molar-refractivity contribution in [1.29, 1.82) is 0 Å². The highest BCUT2D eigenvalue weighted by molar-refractivity contribution is 6.32. The quantitative estimate of drug-likeness (QED) is 0.303. The molecule has 2 aromatic rings. The van der Waals surface area contributed by atoms with Crippen molar-refractivity contribution in [3.63, 3.8) is 0 Å². The lowest BCUT2D eigenvalue weighted by Crippen LogP contribution is -2.30. The lowest BCUT2D eigenvalue weighted by atomic mass is 10.1. The van der Waals surface area contributed by atoms with Crippen LogP contribution in [-0.2, 0) is 4.79 Å². The smallest absolute Gasteiger partial charge is 0.289 e. The number of rotatable bonds is 8. The number of nitro groups is 1. The monoisotopic (exact) mass is 415 g/mol. The molecule has 3 amide bonds. The van der Waals surface area contributed by atoms with Crippen LogP contribution in [0.1, 0.15) is 46.4 Å². The summed E-state index contributed by atoms with van der Waals surface area (Å²) in [5.41, 5.74) is 0.880. The van der Waals surface area contributed by atoms with E-state index in [1.807, 2.05) is 0 Å². The van der Waals surface area contributed by atoms with Crippen LogP contribution in [-0.4, -0.2) is 34.1 Å².